The molecule has 72 heavy (non-hydrogen) atoms. The van der Waals surface area contributed by atoms with Crippen LogP contribution in [0.15, 0.2) is 218 Å². The van der Waals surface area contributed by atoms with Crippen LogP contribution in [0.3, 0.4) is 0 Å². The fourth-order valence-corrected chi connectivity index (χ4v) is 11.9. The molecule has 0 amide bonds. The number of aromatic nitrogens is 4. The molecule has 10 aromatic carbocycles. The van der Waals surface area contributed by atoms with E-state index in [2.05, 4.69) is 278 Å². The number of para-hydroxylation sites is 6. The molecule has 14 aromatic rings. The highest BCUT2D eigenvalue weighted by atomic mass is 15.0. The lowest BCUT2D eigenvalue weighted by molar-refractivity contribution is 0.591. The van der Waals surface area contributed by atoms with Crippen LogP contribution in [0.2, 0.25) is 0 Å². The van der Waals surface area contributed by atoms with Crippen molar-refractivity contribution < 1.29 is 0 Å². The van der Waals surface area contributed by atoms with E-state index in [0.717, 1.165) is 33.9 Å². The molecular formula is C68H54N4. The summed E-state index contributed by atoms with van der Waals surface area (Å²) >= 11 is 0. The molecule has 14 rings (SSSR count). The highest BCUT2D eigenvalue weighted by molar-refractivity contribution is 6.13. The first-order chi connectivity index (χ1) is 35.0. The first-order valence-corrected chi connectivity index (χ1v) is 25.3. The van der Waals surface area contributed by atoms with E-state index in [0.29, 0.717) is 0 Å². The van der Waals surface area contributed by atoms with E-state index in [1.165, 1.54) is 98.4 Å². The Kier molecular flexibility index (Phi) is 9.07. The summed E-state index contributed by atoms with van der Waals surface area (Å²) in [4.78, 5) is 0. The van der Waals surface area contributed by atoms with Crippen molar-refractivity contribution >= 4 is 87.2 Å². The van der Waals surface area contributed by atoms with Crippen LogP contribution < -0.4 is 0 Å². The van der Waals surface area contributed by atoms with Gasteiger partial charge in [0.25, 0.3) is 0 Å². The molecule has 4 heterocycles. The van der Waals surface area contributed by atoms with Crippen molar-refractivity contribution in [3.63, 3.8) is 0 Å². The van der Waals surface area contributed by atoms with E-state index < -0.39 is 0 Å². The Labute approximate surface area is 419 Å². The number of benzene rings is 10. The monoisotopic (exact) mass is 926 g/mol. The number of hydrogen-bond acceptors (Lipinski definition) is 0. The van der Waals surface area contributed by atoms with Gasteiger partial charge in [-0.1, -0.05) is 163 Å². The van der Waals surface area contributed by atoms with Gasteiger partial charge in [-0.05, 0) is 130 Å². The smallest absolute Gasteiger partial charge is 0.0541 e. The predicted octanol–water partition coefficient (Wildman–Crippen LogP) is 18.3. The lowest BCUT2D eigenvalue weighted by Gasteiger charge is -2.20. The first-order valence-electron chi connectivity index (χ1n) is 25.3. The average molecular weight is 927 g/mol. The van der Waals surface area contributed by atoms with E-state index >= 15 is 0 Å². The summed E-state index contributed by atoms with van der Waals surface area (Å²) in [7, 11) is 0. The maximum absolute atomic E-state index is 2.50. The van der Waals surface area contributed by atoms with Crippen molar-refractivity contribution in [2.45, 2.75) is 52.4 Å². The fourth-order valence-electron chi connectivity index (χ4n) is 11.9. The van der Waals surface area contributed by atoms with Crippen molar-refractivity contribution in [1.82, 2.24) is 18.3 Å². The van der Waals surface area contributed by atoms with E-state index in [-0.39, 0.29) is 10.8 Å². The normalized spacial score (nSPS) is 12.6. The summed E-state index contributed by atoms with van der Waals surface area (Å²) in [5.74, 6) is 0. The molecule has 0 aliphatic rings. The molecule has 0 spiro atoms. The third-order valence-electron chi connectivity index (χ3n) is 15.4. The van der Waals surface area contributed by atoms with Gasteiger partial charge in [-0.3, -0.25) is 0 Å². The quantitative estimate of drug-likeness (QED) is 0.164. The Morgan fingerprint density at radius 3 is 0.694 bits per heavy atom. The Morgan fingerprint density at radius 1 is 0.222 bits per heavy atom. The molecule has 346 valence electrons. The van der Waals surface area contributed by atoms with Crippen molar-refractivity contribution in [1.29, 1.82) is 0 Å². The summed E-state index contributed by atoms with van der Waals surface area (Å²) in [5, 5.41) is 9.98. The van der Waals surface area contributed by atoms with Gasteiger partial charge in [-0.25, -0.2) is 0 Å². The molecule has 0 N–H and O–H groups in total. The Morgan fingerprint density at radius 2 is 0.444 bits per heavy atom. The highest BCUT2D eigenvalue weighted by Gasteiger charge is 2.23. The predicted molar refractivity (Wildman–Crippen MR) is 307 cm³/mol. The molecule has 0 bridgehead atoms. The molecule has 0 radical (unpaired) electrons. The zero-order chi connectivity index (χ0) is 48.6. The van der Waals surface area contributed by atoms with Crippen LogP contribution in [0.5, 0.6) is 0 Å². The second-order valence-corrected chi connectivity index (χ2v) is 21.9. The molecule has 0 unspecified atom stereocenters. The molecule has 0 aliphatic heterocycles. The number of hydrogen-bond donors (Lipinski definition) is 0. The SMILES string of the molecule is CC(C)(C)c1ccc2c(c1)c1ccccc1n2-c1cc(-c2cc(-n3c4ccccc4c4ccccc43)cc(-n3c4ccccc4c4cc(C(C)(C)C)ccc43)c2)cc(-n2c3ccccc3c3ccccc32)c1. The Hall–Kier alpha value is -8.60. The van der Waals surface area contributed by atoms with Crippen LogP contribution in [0.4, 0.5) is 0 Å². The maximum Gasteiger partial charge on any atom is 0.0541 e. The fraction of sp³-hybridized carbons (Fsp3) is 0.118. The van der Waals surface area contributed by atoms with E-state index in [1.54, 1.807) is 0 Å². The molecular weight excluding hydrogens is 873 g/mol. The van der Waals surface area contributed by atoms with Gasteiger partial charge in [0, 0.05) is 65.8 Å². The van der Waals surface area contributed by atoms with Gasteiger partial charge in [0.05, 0.1) is 44.1 Å². The molecule has 0 atom stereocenters. The van der Waals surface area contributed by atoms with Crippen LogP contribution in [-0.4, -0.2) is 18.3 Å². The standard InChI is InChI=1S/C68H54N4/c1-67(2,3)45-31-33-65-57(39-45)55-23-11-17-29-63(55)71(65)49-37-43(35-47(41-49)69-59-25-13-7-19-51(59)52-20-8-14-26-60(52)69)44-36-48(70-61-27-15-9-21-53(61)54-22-10-16-28-62(54)70)42-50(38-44)72-64-30-18-12-24-56(64)58-40-46(68(4,5)6)32-34-66(58)72/h7-42H,1-6H3. The number of fused-ring (bicyclic) bond motifs is 12. The highest BCUT2D eigenvalue weighted by Crippen LogP contribution is 2.43. The van der Waals surface area contributed by atoms with Crippen molar-refractivity contribution in [3.05, 3.63) is 230 Å². The molecule has 4 nitrogen and oxygen atoms in total. The molecule has 0 aliphatic carbocycles. The minimum Gasteiger partial charge on any atom is -0.309 e. The Bertz CT molecular complexity index is 4130. The summed E-state index contributed by atoms with van der Waals surface area (Å²) in [6.07, 6.45) is 0. The second kappa shape index (κ2) is 15.4. The third kappa shape index (κ3) is 6.38. The van der Waals surface area contributed by atoms with Crippen LogP contribution in [0, 0.1) is 0 Å². The minimum atomic E-state index is 0.00532. The second-order valence-electron chi connectivity index (χ2n) is 21.9. The molecule has 0 fully saturated rings. The van der Waals surface area contributed by atoms with E-state index in [1.807, 2.05) is 0 Å². The van der Waals surface area contributed by atoms with Gasteiger partial charge in [0.2, 0.25) is 0 Å². The molecule has 4 aromatic heterocycles. The topological polar surface area (TPSA) is 19.7 Å². The van der Waals surface area contributed by atoms with Crippen molar-refractivity contribution in [3.8, 4) is 33.9 Å². The van der Waals surface area contributed by atoms with Crippen LogP contribution in [0.25, 0.3) is 121 Å². The number of rotatable bonds is 5. The van der Waals surface area contributed by atoms with E-state index in [9.17, 15) is 0 Å². The van der Waals surface area contributed by atoms with Gasteiger partial charge in [0.1, 0.15) is 0 Å². The Balaban J connectivity index is 1.12. The first kappa shape index (κ1) is 42.3. The zero-order valence-corrected chi connectivity index (χ0v) is 41.6. The van der Waals surface area contributed by atoms with Crippen LogP contribution >= 0.6 is 0 Å². The van der Waals surface area contributed by atoms with Crippen molar-refractivity contribution in [2.75, 3.05) is 0 Å². The van der Waals surface area contributed by atoms with E-state index in [4.69, 9.17) is 0 Å². The lowest BCUT2D eigenvalue weighted by Crippen LogP contribution is -2.10. The van der Waals surface area contributed by atoms with Crippen molar-refractivity contribution in [2.24, 2.45) is 0 Å². The van der Waals surface area contributed by atoms with Gasteiger partial charge in [-0.15, -0.1) is 0 Å². The summed E-state index contributed by atoms with van der Waals surface area (Å²) < 4.78 is 9.94. The maximum atomic E-state index is 2.50. The van der Waals surface area contributed by atoms with Crippen LogP contribution in [-0.2, 0) is 10.8 Å². The summed E-state index contributed by atoms with van der Waals surface area (Å²) in [6.45, 7) is 13.8. The third-order valence-corrected chi connectivity index (χ3v) is 15.4. The van der Waals surface area contributed by atoms with Gasteiger partial charge < -0.3 is 18.3 Å². The lowest BCUT2D eigenvalue weighted by atomic mass is 9.86. The molecule has 0 saturated heterocycles. The summed E-state index contributed by atoms with van der Waals surface area (Å²) in [6, 6.07) is 82.0. The number of nitrogens with zero attached hydrogens (tertiary/aromatic N) is 4. The largest absolute Gasteiger partial charge is 0.309 e. The van der Waals surface area contributed by atoms with Gasteiger partial charge in [-0.2, -0.15) is 0 Å². The molecule has 4 heteroatoms. The average Bonchev–Trinajstić information content (AvgIpc) is 4.13. The molecule has 0 saturated carbocycles. The van der Waals surface area contributed by atoms with Gasteiger partial charge >= 0.3 is 0 Å². The summed E-state index contributed by atoms with van der Waals surface area (Å²) in [5.41, 5.74) is 18.8. The zero-order valence-electron chi connectivity index (χ0n) is 41.6. The minimum absolute atomic E-state index is 0.00532. The van der Waals surface area contributed by atoms with Gasteiger partial charge in [0.15, 0.2) is 0 Å². The van der Waals surface area contributed by atoms with Crippen LogP contribution in [0.1, 0.15) is 52.7 Å².